The maximum atomic E-state index is 12.3. The SMILES string of the molecule is CNc1ncc(-c2nc3cc(N4CC(OCCOC)C4)ccc3o2)c2cc(NC(=O)C3CC3)ncc12. The van der Waals surface area contributed by atoms with Crippen LogP contribution < -0.4 is 15.5 Å². The fourth-order valence-corrected chi connectivity index (χ4v) is 4.43. The number of fused-ring (bicyclic) bond motifs is 2. The number of rotatable bonds is 9. The molecule has 0 bridgehead atoms. The van der Waals surface area contributed by atoms with Crippen LogP contribution in [0.3, 0.4) is 0 Å². The molecule has 6 rings (SSSR count). The predicted octanol–water partition coefficient (Wildman–Crippen LogP) is 3.68. The Kier molecular flexibility index (Phi) is 5.90. The predicted molar refractivity (Wildman–Crippen MR) is 137 cm³/mol. The molecule has 1 amide bonds. The van der Waals surface area contributed by atoms with E-state index in [1.807, 2.05) is 31.3 Å². The van der Waals surface area contributed by atoms with Crippen LogP contribution in [0.2, 0.25) is 0 Å². The van der Waals surface area contributed by atoms with Crippen LogP contribution in [0.5, 0.6) is 0 Å². The van der Waals surface area contributed by atoms with E-state index in [1.165, 1.54) is 0 Å². The summed E-state index contributed by atoms with van der Waals surface area (Å²) in [5.41, 5.74) is 3.29. The van der Waals surface area contributed by atoms with Crippen LogP contribution in [-0.2, 0) is 14.3 Å². The number of anilines is 3. The molecule has 10 heteroatoms. The van der Waals surface area contributed by atoms with Crippen molar-refractivity contribution in [2.24, 2.45) is 5.92 Å². The Morgan fingerprint density at radius 3 is 2.78 bits per heavy atom. The molecule has 3 aromatic heterocycles. The lowest BCUT2D eigenvalue weighted by atomic mass is 10.1. The molecule has 1 aliphatic carbocycles. The van der Waals surface area contributed by atoms with Gasteiger partial charge in [-0.1, -0.05) is 0 Å². The molecule has 0 radical (unpaired) electrons. The standard InChI is InChI=1S/C26H28N6O4/c1-27-24-19-11-28-23(31-25(33)15-3-4-15)10-18(19)20(12-29-24)26-30-21-9-16(5-6-22(21)36-26)32-13-17(14-32)35-8-7-34-2/h5-6,9-12,15,17H,3-4,7-8,13-14H2,1-2H3,(H,27,29)(H,28,31,33). The first kappa shape index (κ1) is 22.7. The second-order valence-electron chi connectivity index (χ2n) is 9.21. The van der Waals surface area contributed by atoms with Gasteiger partial charge in [0.05, 0.1) is 24.9 Å². The molecular weight excluding hydrogens is 460 g/mol. The van der Waals surface area contributed by atoms with Crippen LogP contribution in [0.15, 0.2) is 41.1 Å². The van der Waals surface area contributed by atoms with E-state index in [2.05, 4.69) is 25.5 Å². The third kappa shape index (κ3) is 4.33. The van der Waals surface area contributed by atoms with Gasteiger partial charge in [0.25, 0.3) is 0 Å². The fraction of sp³-hybridized carbons (Fsp3) is 0.385. The van der Waals surface area contributed by atoms with E-state index in [9.17, 15) is 4.79 Å². The molecule has 2 N–H and O–H groups in total. The molecule has 36 heavy (non-hydrogen) atoms. The van der Waals surface area contributed by atoms with Crippen molar-refractivity contribution in [1.82, 2.24) is 15.0 Å². The summed E-state index contributed by atoms with van der Waals surface area (Å²) in [6.07, 6.45) is 5.54. The highest BCUT2D eigenvalue weighted by Gasteiger charge is 2.30. The number of benzene rings is 1. The molecule has 0 unspecified atom stereocenters. The van der Waals surface area contributed by atoms with Crippen LogP contribution >= 0.6 is 0 Å². The fourth-order valence-electron chi connectivity index (χ4n) is 4.43. The number of nitrogens with zero attached hydrogens (tertiary/aromatic N) is 4. The number of nitrogens with one attached hydrogen (secondary N) is 2. The maximum absolute atomic E-state index is 12.3. The molecule has 2 fully saturated rings. The topological polar surface area (TPSA) is 115 Å². The largest absolute Gasteiger partial charge is 0.436 e. The number of carbonyl (C=O) groups excluding carboxylic acids is 1. The summed E-state index contributed by atoms with van der Waals surface area (Å²) in [4.78, 5) is 28.3. The van der Waals surface area contributed by atoms with Gasteiger partial charge in [0.1, 0.15) is 17.2 Å². The minimum Gasteiger partial charge on any atom is -0.436 e. The average molecular weight is 489 g/mol. The molecule has 1 aromatic carbocycles. The lowest BCUT2D eigenvalue weighted by Gasteiger charge is -2.40. The quantitative estimate of drug-likeness (QED) is 0.341. The number of amides is 1. The van der Waals surface area contributed by atoms with Crippen LogP contribution in [0.4, 0.5) is 17.3 Å². The molecule has 0 atom stereocenters. The third-order valence-corrected chi connectivity index (χ3v) is 6.66. The summed E-state index contributed by atoms with van der Waals surface area (Å²) >= 11 is 0. The Bertz CT molecular complexity index is 1430. The van der Waals surface area contributed by atoms with E-state index in [0.29, 0.717) is 36.3 Å². The Morgan fingerprint density at radius 2 is 2.00 bits per heavy atom. The third-order valence-electron chi connectivity index (χ3n) is 6.66. The average Bonchev–Trinajstić information content (AvgIpc) is 3.64. The Hall–Kier alpha value is -3.76. The maximum Gasteiger partial charge on any atom is 0.229 e. The number of methoxy groups -OCH3 is 1. The van der Waals surface area contributed by atoms with E-state index in [4.69, 9.17) is 18.9 Å². The molecule has 1 aliphatic heterocycles. The van der Waals surface area contributed by atoms with Crippen molar-refractivity contribution in [3.63, 3.8) is 0 Å². The number of carbonyl (C=O) groups is 1. The van der Waals surface area contributed by atoms with Gasteiger partial charge in [-0.25, -0.2) is 15.0 Å². The van der Waals surface area contributed by atoms with E-state index < -0.39 is 0 Å². The number of pyridine rings is 2. The summed E-state index contributed by atoms with van der Waals surface area (Å²) in [7, 11) is 3.49. The van der Waals surface area contributed by atoms with Gasteiger partial charge < -0.3 is 29.4 Å². The highest BCUT2D eigenvalue weighted by Crippen LogP contribution is 2.36. The minimum absolute atomic E-state index is 0.0121. The smallest absolute Gasteiger partial charge is 0.229 e. The van der Waals surface area contributed by atoms with Gasteiger partial charge in [-0.3, -0.25) is 4.79 Å². The normalized spacial score (nSPS) is 15.9. The second kappa shape index (κ2) is 9.36. The van der Waals surface area contributed by atoms with Crippen LogP contribution in [0.25, 0.3) is 33.3 Å². The van der Waals surface area contributed by atoms with Crippen LogP contribution in [0, 0.1) is 5.92 Å². The lowest BCUT2D eigenvalue weighted by molar-refractivity contribution is -0.117. The van der Waals surface area contributed by atoms with E-state index in [-0.39, 0.29) is 17.9 Å². The first-order chi connectivity index (χ1) is 17.6. The number of aromatic nitrogens is 3. The van der Waals surface area contributed by atoms with E-state index >= 15 is 0 Å². The Balaban J connectivity index is 1.29. The van der Waals surface area contributed by atoms with Gasteiger partial charge in [-0.2, -0.15) is 0 Å². The highest BCUT2D eigenvalue weighted by atomic mass is 16.5. The minimum atomic E-state index is 0.0121. The van der Waals surface area contributed by atoms with Crippen molar-refractivity contribution in [2.45, 2.75) is 18.9 Å². The van der Waals surface area contributed by atoms with Gasteiger partial charge in [0, 0.05) is 62.0 Å². The van der Waals surface area contributed by atoms with Gasteiger partial charge in [-0.15, -0.1) is 0 Å². The summed E-state index contributed by atoms with van der Waals surface area (Å²) in [5, 5.41) is 7.70. The zero-order valence-electron chi connectivity index (χ0n) is 20.3. The van der Waals surface area contributed by atoms with Crippen molar-refractivity contribution in [1.29, 1.82) is 0 Å². The molecule has 4 aromatic rings. The first-order valence-electron chi connectivity index (χ1n) is 12.2. The first-order valence-corrected chi connectivity index (χ1v) is 12.2. The Morgan fingerprint density at radius 1 is 1.14 bits per heavy atom. The zero-order valence-corrected chi connectivity index (χ0v) is 20.3. The summed E-state index contributed by atoms with van der Waals surface area (Å²) in [5.74, 6) is 1.78. The van der Waals surface area contributed by atoms with Crippen LogP contribution in [0.1, 0.15) is 12.8 Å². The summed E-state index contributed by atoms with van der Waals surface area (Å²) in [6.45, 7) is 2.88. The summed E-state index contributed by atoms with van der Waals surface area (Å²) < 4.78 is 17.0. The second-order valence-corrected chi connectivity index (χ2v) is 9.21. The molecule has 186 valence electrons. The molecule has 4 heterocycles. The van der Waals surface area contributed by atoms with Gasteiger partial charge in [0.15, 0.2) is 5.58 Å². The number of oxazole rings is 1. The highest BCUT2D eigenvalue weighted by molar-refractivity contribution is 6.03. The zero-order chi connectivity index (χ0) is 24.6. The van der Waals surface area contributed by atoms with E-state index in [0.717, 1.165) is 53.5 Å². The molecule has 0 spiro atoms. The van der Waals surface area contributed by atoms with Gasteiger partial charge in [-0.05, 0) is 37.1 Å². The van der Waals surface area contributed by atoms with Crippen LogP contribution in [-0.4, -0.2) is 67.4 Å². The molecule has 2 aliphatic rings. The molecule has 1 saturated carbocycles. The Labute approximate surface area is 208 Å². The van der Waals surface area contributed by atoms with Crippen molar-refractivity contribution < 1.29 is 18.7 Å². The van der Waals surface area contributed by atoms with Crippen molar-refractivity contribution in [3.8, 4) is 11.5 Å². The summed E-state index contributed by atoms with van der Waals surface area (Å²) in [6, 6.07) is 7.88. The molecule has 10 nitrogen and oxygen atoms in total. The molecule has 1 saturated heterocycles. The van der Waals surface area contributed by atoms with Crippen molar-refractivity contribution >= 4 is 45.1 Å². The number of ether oxygens (including phenoxy) is 2. The van der Waals surface area contributed by atoms with Gasteiger partial charge in [0.2, 0.25) is 11.8 Å². The lowest BCUT2D eigenvalue weighted by Crippen LogP contribution is -2.52. The van der Waals surface area contributed by atoms with Crippen molar-refractivity contribution in [3.05, 3.63) is 36.7 Å². The van der Waals surface area contributed by atoms with Crippen molar-refractivity contribution in [2.75, 3.05) is 56.0 Å². The monoisotopic (exact) mass is 488 g/mol. The van der Waals surface area contributed by atoms with Gasteiger partial charge >= 0.3 is 0 Å². The molecular formula is C26H28N6O4. The number of hydrogen-bond acceptors (Lipinski definition) is 9. The number of hydrogen-bond donors (Lipinski definition) is 2. The van der Waals surface area contributed by atoms with E-state index in [1.54, 1.807) is 19.5 Å².